The zero-order valence-corrected chi connectivity index (χ0v) is 15.6. The van der Waals surface area contributed by atoms with Gasteiger partial charge in [0.05, 0.1) is 22.9 Å². The summed E-state index contributed by atoms with van der Waals surface area (Å²) in [6, 6.07) is 18.2. The zero-order chi connectivity index (χ0) is 19.4. The molecule has 1 aromatic heterocycles. The SMILES string of the molecule is Cc1cc(C(=O)Nc2ccccc2C(=O)N[C@H](C)c2ccccc2)c(C)o1. The van der Waals surface area contributed by atoms with Crippen LogP contribution in [-0.2, 0) is 0 Å². The summed E-state index contributed by atoms with van der Waals surface area (Å²) in [4.78, 5) is 25.3. The van der Waals surface area contributed by atoms with Gasteiger partial charge in [-0.3, -0.25) is 9.59 Å². The highest BCUT2D eigenvalue weighted by molar-refractivity contribution is 6.09. The molecule has 0 bridgehead atoms. The highest BCUT2D eigenvalue weighted by Crippen LogP contribution is 2.20. The molecule has 0 fully saturated rings. The first kappa shape index (κ1) is 18.5. The topological polar surface area (TPSA) is 71.3 Å². The Morgan fingerprint density at radius 3 is 2.22 bits per heavy atom. The second-order valence-electron chi connectivity index (χ2n) is 6.43. The van der Waals surface area contributed by atoms with Crippen LogP contribution in [0.3, 0.4) is 0 Å². The molecule has 1 heterocycles. The Balaban J connectivity index is 1.78. The van der Waals surface area contributed by atoms with Crippen molar-refractivity contribution in [2.24, 2.45) is 0 Å². The van der Waals surface area contributed by atoms with Crippen molar-refractivity contribution in [1.82, 2.24) is 5.32 Å². The fourth-order valence-electron chi connectivity index (χ4n) is 2.94. The lowest BCUT2D eigenvalue weighted by Crippen LogP contribution is -2.28. The Hall–Kier alpha value is -3.34. The van der Waals surface area contributed by atoms with Crippen LogP contribution in [-0.4, -0.2) is 11.8 Å². The number of benzene rings is 2. The smallest absolute Gasteiger partial charge is 0.259 e. The van der Waals surface area contributed by atoms with E-state index in [9.17, 15) is 9.59 Å². The number of nitrogens with one attached hydrogen (secondary N) is 2. The summed E-state index contributed by atoms with van der Waals surface area (Å²) in [7, 11) is 0. The Morgan fingerprint density at radius 2 is 1.56 bits per heavy atom. The second kappa shape index (κ2) is 7.91. The van der Waals surface area contributed by atoms with Crippen molar-refractivity contribution >= 4 is 17.5 Å². The first-order chi connectivity index (χ1) is 13.0. The van der Waals surface area contributed by atoms with Gasteiger partial charge in [-0.15, -0.1) is 0 Å². The summed E-state index contributed by atoms with van der Waals surface area (Å²) < 4.78 is 5.41. The molecule has 2 aromatic carbocycles. The van der Waals surface area contributed by atoms with E-state index in [4.69, 9.17) is 4.42 Å². The van der Waals surface area contributed by atoms with E-state index < -0.39 is 0 Å². The van der Waals surface area contributed by atoms with Crippen molar-refractivity contribution in [3.8, 4) is 0 Å². The van der Waals surface area contributed by atoms with E-state index in [1.165, 1.54) is 0 Å². The molecule has 5 heteroatoms. The van der Waals surface area contributed by atoms with Crippen LogP contribution in [0.5, 0.6) is 0 Å². The van der Waals surface area contributed by atoms with E-state index in [1.807, 2.05) is 37.3 Å². The van der Waals surface area contributed by atoms with Gasteiger partial charge in [-0.25, -0.2) is 0 Å². The second-order valence-corrected chi connectivity index (χ2v) is 6.43. The molecule has 0 aliphatic heterocycles. The number of amides is 2. The minimum absolute atomic E-state index is 0.152. The molecular weight excluding hydrogens is 340 g/mol. The summed E-state index contributed by atoms with van der Waals surface area (Å²) in [5, 5.41) is 5.79. The van der Waals surface area contributed by atoms with Gasteiger partial charge in [-0.05, 0) is 44.5 Å². The maximum Gasteiger partial charge on any atom is 0.259 e. The lowest BCUT2D eigenvalue weighted by atomic mass is 10.1. The Kier molecular flexibility index (Phi) is 5.41. The first-order valence-corrected chi connectivity index (χ1v) is 8.79. The molecule has 1 atom stereocenters. The fraction of sp³-hybridized carbons (Fsp3) is 0.182. The van der Waals surface area contributed by atoms with Crippen molar-refractivity contribution < 1.29 is 14.0 Å². The monoisotopic (exact) mass is 362 g/mol. The summed E-state index contributed by atoms with van der Waals surface area (Å²) in [6.07, 6.45) is 0. The number of hydrogen-bond acceptors (Lipinski definition) is 3. The number of aryl methyl sites for hydroxylation is 2. The van der Waals surface area contributed by atoms with Gasteiger partial charge in [0, 0.05) is 0 Å². The quantitative estimate of drug-likeness (QED) is 0.694. The highest BCUT2D eigenvalue weighted by Gasteiger charge is 2.18. The number of hydrogen-bond donors (Lipinski definition) is 2. The third kappa shape index (κ3) is 4.26. The van der Waals surface area contributed by atoms with Crippen LogP contribution in [0.4, 0.5) is 5.69 Å². The van der Waals surface area contributed by atoms with E-state index >= 15 is 0 Å². The molecule has 3 rings (SSSR count). The molecule has 2 amide bonds. The lowest BCUT2D eigenvalue weighted by Gasteiger charge is -2.16. The van der Waals surface area contributed by atoms with Crippen LogP contribution in [0.2, 0.25) is 0 Å². The molecule has 0 radical (unpaired) electrons. The average Bonchev–Trinajstić information content (AvgIpc) is 3.01. The molecule has 5 nitrogen and oxygen atoms in total. The minimum atomic E-state index is -0.305. The van der Waals surface area contributed by atoms with Gasteiger partial charge >= 0.3 is 0 Å². The zero-order valence-electron chi connectivity index (χ0n) is 15.6. The van der Waals surface area contributed by atoms with Crippen LogP contribution >= 0.6 is 0 Å². The summed E-state index contributed by atoms with van der Waals surface area (Å²) in [6.45, 7) is 5.45. The van der Waals surface area contributed by atoms with Crippen molar-refractivity contribution in [2.45, 2.75) is 26.8 Å². The molecule has 0 unspecified atom stereocenters. The van der Waals surface area contributed by atoms with Gasteiger partial charge in [-0.1, -0.05) is 42.5 Å². The maximum atomic E-state index is 12.8. The van der Waals surface area contributed by atoms with Gasteiger partial charge in [0.15, 0.2) is 0 Å². The molecule has 0 saturated carbocycles. The predicted molar refractivity (Wildman–Crippen MR) is 105 cm³/mol. The molecule has 0 saturated heterocycles. The van der Waals surface area contributed by atoms with Crippen LogP contribution in [0.15, 0.2) is 65.1 Å². The number of para-hydroxylation sites is 1. The predicted octanol–water partition coefficient (Wildman–Crippen LogP) is 4.64. The Morgan fingerprint density at radius 1 is 0.889 bits per heavy atom. The van der Waals surface area contributed by atoms with Gasteiger partial charge in [-0.2, -0.15) is 0 Å². The van der Waals surface area contributed by atoms with Crippen molar-refractivity contribution in [1.29, 1.82) is 0 Å². The van der Waals surface area contributed by atoms with E-state index in [0.717, 1.165) is 5.56 Å². The van der Waals surface area contributed by atoms with Crippen LogP contribution in [0.25, 0.3) is 0 Å². The maximum absolute atomic E-state index is 12.8. The fourth-order valence-corrected chi connectivity index (χ4v) is 2.94. The van der Waals surface area contributed by atoms with E-state index in [2.05, 4.69) is 10.6 Å². The highest BCUT2D eigenvalue weighted by atomic mass is 16.3. The van der Waals surface area contributed by atoms with Gasteiger partial charge in [0.2, 0.25) is 0 Å². The number of carbonyl (C=O) groups excluding carboxylic acids is 2. The molecule has 0 spiro atoms. The average molecular weight is 362 g/mol. The van der Waals surface area contributed by atoms with Crippen molar-refractivity contribution in [3.05, 3.63) is 88.9 Å². The molecule has 138 valence electrons. The molecule has 2 N–H and O–H groups in total. The van der Waals surface area contributed by atoms with Gasteiger partial charge in [0.25, 0.3) is 11.8 Å². The Bertz CT molecular complexity index is 961. The van der Waals surface area contributed by atoms with Crippen LogP contribution in [0, 0.1) is 13.8 Å². The Labute approximate surface area is 158 Å². The molecule has 0 aliphatic carbocycles. The normalized spacial score (nSPS) is 11.7. The standard InChI is InChI=1S/C22H22N2O3/c1-14-13-19(16(3)27-14)22(26)24-20-12-8-7-11-18(20)21(25)23-15(2)17-9-5-4-6-10-17/h4-13,15H,1-3H3,(H,23,25)(H,24,26)/t15-/m1/s1. The minimum Gasteiger partial charge on any atom is -0.466 e. The van der Waals surface area contributed by atoms with Crippen molar-refractivity contribution in [3.63, 3.8) is 0 Å². The van der Waals surface area contributed by atoms with E-state index in [0.29, 0.717) is 28.3 Å². The molecule has 27 heavy (non-hydrogen) atoms. The summed E-state index contributed by atoms with van der Waals surface area (Å²) >= 11 is 0. The van der Waals surface area contributed by atoms with Crippen LogP contribution < -0.4 is 10.6 Å². The number of carbonyl (C=O) groups is 2. The van der Waals surface area contributed by atoms with Gasteiger partial charge < -0.3 is 15.1 Å². The van der Waals surface area contributed by atoms with Crippen LogP contribution in [0.1, 0.15) is 50.8 Å². The molecular formula is C22H22N2O3. The van der Waals surface area contributed by atoms with Gasteiger partial charge in [0.1, 0.15) is 11.5 Å². The summed E-state index contributed by atoms with van der Waals surface area (Å²) in [5.74, 6) is 0.660. The number of rotatable bonds is 5. The lowest BCUT2D eigenvalue weighted by molar-refractivity contribution is 0.0941. The van der Waals surface area contributed by atoms with E-state index in [-0.39, 0.29) is 17.9 Å². The molecule has 0 aliphatic rings. The largest absolute Gasteiger partial charge is 0.466 e. The third-order valence-corrected chi connectivity index (χ3v) is 4.35. The molecule has 3 aromatic rings. The number of furan rings is 1. The summed E-state index contributed by atoms with van der Waals surface area (Å²) in [5.41, 5.74) is 2.34. The first-order valence-electron chi connectivity index (χ1n) is 8.79. The van der Waals surface area contributed by atoms with Crippen molar-refractivity contribution in [2.75, 3.05) is 5.32 Å². The third-order valence-electron chi connectivity index (χ3n) is 4.35. The van der Waals surface area contributed by atoms with E-state index in [1.54, 1.807) is 44.2 Å². The number of anilines is 1.